The molecule has 1 aromatic heterocycles. The van der Waals surface area contributed by atoms with Crippen molar-refractivity contribution < 1.29 is 24.2 Å². The highest BCUT2D eigenvalue weighted by atomic mass is 35.5. The smallest absolute Gasteiger partial charge is 0.430 e. The molecule has 0 aliphatic carbocycles. The third-order valence-corrected chi connectivity index (χ3v) is 9.51. The normalized spacial score (nSPS) is 14.2. The summed E-state index contributed by atoms with van der Waals surface area (Å²) < 4.78 is 5.65. The lowest BCUT2D eigenvalue weighted by Gasteiger charge is -2.30. The predicted octanol–water partition coefficient (Wildman–Crippen LogP) is 11.6. The van der Waals surface area contributed by atoms with Gasteiger partial charge in [0.15, 0.2) is 0 Å². The number of carboxylic acids is 1. The van der Waals surface area contributed by atoms with Crippen LogP contribution in [0.2, 0.25) is 10.0 Å². The number of hydrogen-bond donors (Lipinski definition) is 3. The van der Waals surface area contributed by atoms with E-state index in [9.17, 15) is 19.5 Å². The van der Waals surface area contributed by atoms with Gasteiger partial charge >= 0.3 is 12.1 Å². The van der Waals surface area contributed by atoms with E-state index < -0.39 is 23.6 Å². The first-order chi connectivity index (χ1) is 24.4. The molecule has 1 fully saturated rings. The van der Waals surface area contributed by atoms with Crippen LogP contribution < -0.4 is 10.3 Å². The molecule has 11 heteroatoms. The number of benzene rings is 2. The van der Waals surface area contributed by atoms with Gasteiger partial charge in [0, 0.05) is 39.3 Å². The van der Waals surface area contributed by atoms with Crippen LogP contribution >= 0.6 is 23.2 Å². The van der Waals surface area contributed by atoms with Gasteiger partial charge in [0.2, 0.25) is 0 Å². The van der Waals surface area contributed by atoms with Crippen LogP contribution in [-0.2, 0) is 9.53 Å². The van der Waals surface area contributed by atoms with E-state index in [0.29, 0.717) is 21.6 Å². The molecule has 3 aromatic rings. The van der Waals surface area contributed by atoms with E-state index >= 15 is 0 Å². The van der Waals surface area contributed by atoms with E-state index in [0.717, 1.165) is 18.7 Å². The van der Waals surface area contributed by atoms with E-state index in [1.54, 1.807) is 39.0 Å². The van der Waals surface area contributed by atoms with Gasteiger partial charge in [0.05, 0.1) is 17.3 Å². The van der Waals surface area contributed by atoms with Crippen molar-refractivity contribution in [2.75, 3.05) is 23.4 Å². The highest BCUT2D eigenvalue weighted by molar-refractivity contribution is 6.39. The third-order valence-electron chi connectivity index (χ3n) is 8.99. The lowest BCUT2D eigenvalue weighted by atomic mass is 10.0. The first-order valence-electron chi connectivity index (χ1n) is 18.5. The minimum Gasteiger partial charge on any atom is -0.477 e. The molecule has 2 amide bonds. The first-order valence-corrected chi connectivity index (χ1v) is 19.3. The van der Waals surface area contributed by atoms with Gasteiger partial charge in [-0.1, -0.05) is 114 Å². The summed E-state index contributed by atoms with van der Waals surface area (Å²) in [4.78, 5) is 42.4. The Labute approximate surface area is 312 Å². The molecule has 2 aromatic carbocycles. The molecule has 0 radical (unpaired) electrons. The Morgan fingerprint density at radius 2 is 1.47 bits per heavy atom. The molecule has 0 atom stereocenters. The van der Waals surface area contributed by atoms with Crippen molar-refractivity contribution in [3.05, 3.63) is 63.3 Å². The molecule has 1 saturated heterocycles. The Bertz CT molecular complexity index is 1660. The molecule has 1 aliphatic heterocycles. The molecule has 4 rings (SSSR count). The lowest BCUT2D eigenvalue weighted by Crippen LogP contribution is -2.45. The number of H-pyrrole nitrogens is 1. The van der Waals surface area contributed by atoms with Crippen LogP contribution in [0.3, 0.4) is 0 Å². The van der Waals surface area contributed by atoms with Crippen molar-refractivity contribution in [2.45, 2.75) is 123 Å². The number of aromatic amines is 1. The number of ether oxygens (including phenoxy) is 1. The number of hydrazine groups is 1. The topological polar surface area (TPSA) is 115 Å². The monoisotopic (exact) mass is 740 g/mol. The lowest BCUT2D eigenvalue weighted by molar-refractivity contribution is -0.115. The van der Waals surface area contributed by atoms with Crippen LogP contribution in [0.15, 0.2) is 42.0 Å². The first kappa shape index (κ1) is 40.1. The van der Waals surface area contributed by atoms with Crippen molar-refractivity contribution in [2.24, 2.45) is 0 Å². The van der Waals surface area contributed by atoms with E-state index in [-0.39, 0.29) is 28.4 Å². The third kappa shape index (κ3) is 11.7. The molecule has 0 saturated carbocycles. The van der Waals surface area contributed by atoms with Crippen LogP contribution in [0.25, 0.3) is 17.0 Å². The number of amides is 2. The summed E-state index contributed by atoms with van der Waals surface area (Å²) in [6.45, 7) is 8.23. The summed E-state index contributed by atoms with van der Waals surface area (Å²) in [5.74, 6) is -1.71. The van der Waals surface area contributed by atoms with E-state index in [1.165, 1.54) is 106 Å². The average Bonchev–Trinajstić information content (AvgIpc) is 3.60. The zero-order valence-corrected chi connectivity index (χ0v) is 32.1. The molecule has 3 N–H and O–H groups in total. The van der Waals surface area contributed by atoms with Crippen LogP contribution in [0, 0.1) is 0 Å². The second-order valence-corrected chi connectivity index (χ2v) is 15.3. The number of nitrogens with one attached hydrogen (secondary N) is 2. The van der Waals surface area contributed by atoms with Crippen molar-refractivity contribution in [3.8, 4) is 0 Å². The Morgan fingerprint density at radius 1 is 0.902 bits per heavy atom. The number of anilines is 2. The number of fused-ring (bicyclic) bond motifs is 1. The molecule has 2 heterocycles. The quantitative estimate of drug-likeness (QED) is 0.0832. The Hall–Kier alpha value is -3.69. The van der Waals surface area contributed by atoms with Crippen molar-refractivity contribution in [3.63, 3.8) is 0 Å². The largest absolute Gasteiger partial charge is 0.477 e. The number of carbonyl (C=O) groups is 3. The number of carboxylic acid groups (broad SMARTS) is 1. The molecule has 1 aliphatic rings. The minimum atomic E-state index is -1.23. The number of aromatic carboxylic acids is 1. The number of unbranched alkanes of at least 4 members (excludes halogenated alkanes) is 13. The predicted molar refractivity (Wildman–Crippen MR) is 209 cm³/mol. The van der Waals surface area contributed by atoms with Crippen molar-refractivity contribution in [1.29, 1.82) is 0 Å². The number of hydrogen-bond acceptors (Lipinski definition) is 5. The van der Waals surface area contributed by atoms with Gasteiger partial charge in [0.25, 0.3) is 5.91 Å². The Balaban J connectivity index is 1.35. The molecule has 0 bridgehead atoms. The summed E-state index contributed by atoms with van der Waals surface area (Å²) >= 11 is 12.7. The van der Waals surface area contributed by atoms with Crippen molar-refractivity contribution >= 4 is 69.5 Å². The van der Waals surface area contributed by atoms with Gasteiger partial charge in [-0.15, -0.1) is 0 Å². The highest BCUT2D eigenvalue weighted by Gasteiger charge is 2.40. The van der Waals surface area contributed by atoms with E-state index in [4.69, 9.17) is 27.9 Å². The average molecular weight is 742 g/mol. The van der Waals surface area contributed by atoms with Gasteiger partial charge < -0.3 is 20.1 Å². The maximum Gasteiger partial charge on any atom is 0.430 e. The standard InChI is InChI=1S/C40H54Cl2N4O5/c1-5-6-7-8-9-10-11-12-13-14-15-16-17-18-23-43-30-19-21-31(22-20-30)46-37(47)28(27-45(46)39(50)51-40(2,3)4)24-32-35-33(42)25-29(41)26-34(35)44-36(32)38(48)49/h19-22,24-26,43-44H,5-18,23,27H2,1-4H3,(H,48,49). The van der Waals surface area contributed by atoms with Gasteiger partial charge in [0.1, 0.15) is 11.3 Å². The molecule has 9 nitrogen and oxygen atoms in total. The molecule has 51 heavy (non-hydrogen) atoms. The van der Waals surface area contributed by atoms with Gasteiger partial charge in [-0.25, -0.2) is 19.6 Å². The van der Waals surface area contributed by atoms with Crippen LogP contribution in [0.5, 0.6) is 0 Å². The minimum absolute atomic E-state index is 0.135. The van der Waals surface area contributed by atoms with Gasteiger partial charge in [-0.05, 0) is 69.7 Å². The summed E-state index contributed by atoms with van der Waals surface area (Å²) in [5.41, 5.74) is 1.26. The fourth-order valence-corrected chi connectivity index (χ4v) is 7.00. The SMILES string of the molecule is CCCCCCCCCCCCCCCCNc1ccc(N2C(=O)C(=Cc3c(C(=O)O)[nH]c4cc(Cl)cc(Cl)c34)CN2C(=O)OC(C)(C)C)cc1. The number of halogens is 2. The second-order valence-electron chi connectivity index (χ2n) is 14.4. The van der Waals surface area contributed by atoms with E-state index in [2.05, 4.69) is 17.2 Å². The van der Waals surface area contributed by atoms with E-state index in [1.807, 2.05) is 12.1 Å². The number of nitrogens with zero attached hydrogens (tertiary/aromatic N) is 2. The molecule has 0 spiro atoms. The fraction of sp³-hybridized carbons (Fsp3) is 0.525. The zero-order valence-electron chi connectivity index (χ0n) is 30.6. The maximum atomic E-state index is 14.0. The summed E-state index contributed by atoms with van der Waals surface area (Å²) in [6.07, 6.45) is 19.2. The molecular formula is C40H54Cl2N4O5. The van der Waals surface area contributed by atoms with Crippen molar-refractivity contribution in [1.82, 2.24) is 9.99 Å². The maximum absolute atomic E-state index is 14.0. The number of rotatable bonds is 19. The van der Waals surface area contributed by atoms with Gasteiger partial charge in [-0.3, -0.25) is 4.79 Å². The van der Waals surface area contributed by atoms with Crippen LogP contribution in [0.4, 0.5) is 16.2 Å². The molecule has 278 valence electrons. The molecular weight excluding hydrogens is 687 g/mol. The number of carbonyl (C=O) groups excluding carboxylic acids is 2. The second kappa shape index (κ2) is 19.2. The Kier molecular flexibility index (Phi) is 15.1. The fourth-order valence-electron chi connectivity index (χ4n) is 6.40. The summed E-state index contributed by atoms with van der Waals surface area (Å²) in [7, 11) is 0. The molecule has 0 unspecified atom stereocenters. The highest BCUT2D eigenvalue weighted by Crippen LogP contribution is 2.36. The number of aromatic nitrogens is 1. The van der Waals surface area contributed by atoms with Crippen LogP contribution in [0.1, 0.15) is 134 Å². The Morgan fingerprint density at radius 3 is 2.02 bits per heavy atom. The van der Waals surface area contributed by atoms with Crippen LogP contribution in [-0.4, -0.2) is 51.8 Å². The zero-order chi connectivity index (χ0) is 37.0. The summed E-state index contributed by atoms with van der Waals surface area (Å²) in [5, 5.41) is 16.9. The summed E-state index contributed by atoms with van der Waals surface area (Å²) in [6, 6.07) is 10.4. The van der Waals surface area contributed by atoms with Gasteiger partial charge in [-0.2, -0.15) is 0 Å².